The molecule has 0 spiro atoms. The van der Waals surface area contributed by atoms with Gasteiger partial charge in [-0.15, -0.1) is 0 Å². The van der Waals surface area contributed by atoms with Gasteiger partial charge in [0.05, 0.1) is 12.4 Å². The zero-order valence-corrected chi connectivity index (χ0v) is 21.7. The summed E-state index contributed by atoms with van der Waals surface area (Å²) in [5, 5.41) is 8.27. The molecule has 0 saturated carbocycles. The fourth-order valence-corrected chi connectivity index (χ4v) is 4.14. The van der Waals surface area contributed by atoms with Gasteiger partial charge in [0, 0.05) is 17.7 Å². The van der Waals surface area contributed by atoms with E-state index in [0.717, 1.165) is 29.5 Å². The number of aryl methyl sites for hydroxylation is 2. The molecule has 2 aromatic rings. The van der Waals surface area contributed by atoms with E-state index in [1.807, 2.05) is 0 Å². The van der Waals surface area contributed by atoms with Crippen molar-refractivity contribution in [2.24, 2.45) is 16.0 Å². The second kappa shape index (κ2) is 12.2. The van der Waals surface area contributed by atoms with Crippen LogP contribution in [0.1, 0.15) is 55.9 Å². The quantitative estimate of drug-likeness (QED) is 0.462. The third-order valence-electron chi connectivity index (χ3n) is 5.47. The molecule has 0 radical (unpaired) electrons. The van der Waals surface area contributed by atoms with Gasteiger partial charge in [0.1, 0.15) is 5.71 Å². The van der Waals surface area contributed by atoms with Crippen molar-refractivity contribution in [3.8, 4) is 0 Å². The Hall–Kier alpha value is -2.64. The number of rotatable bonds is 10. The molecule has 2 N–H and O–H groups in total. The molecule has 0 fully saturated rings. The molecule has 1 amide bonds. The Labute approximate surface area is 207 Å². The van der Waals surface area contributed by atoms with Crippen molar-refractivity contribution in [3.63, 3.8) is 0 Å². The first-order chi connectivity index (χ1) is 16.3. The third-order valence-corrected chi connectivity index (χ3v) is 6.33. The van der Waals surface area contributed by atoms with Crippen molar-refractivity contribution in [1.82, 2.24) is 10.7 Å². The van der Waals surface area contributed by atoms with Crippen molar-refractivity contribution >= 4 is 28.5 Å². The second-order valence-corrected chi connectivity index (χ2v) is 10.0. The summed E-state index contributed by atoms with van der Waals surface area (Å²) in [4.78, 5) is 17.4. The van der Waals surface area contributed by atoms with E-state index in [-0.39, 0.29) is 11.7 Å². The molecule has 3 rings (SSSR count). The van der Waals surface area contributed by atoms with E-state index in [1.54, 1.807) is 0 Å². The lowest BCUT2D eigenvalue weighted by molar-refractivity contribution is -0.118. The minimum atomic E-state index is -1.10. The molecule has 1 atom stereocenters. The number of nitrogens with one attached hydrogen (secondary N) is 2. The number of amides is 1. The number of hydrazone groups is 1. The van der Waals surface area contributed by atoms with Crippen molar-refractivity contribution in [2.45, 2.75) is 53.2 Å². The van der Waals surface area contributed by atoms with E-state index >= 15 is 0 Å². The van der Waals surface area contributed by atoms with Gasteiger partial charge >= 0.3 is 0 Å². The van der Waals surface area contributed by atoms with Gasteiger partial charge in [0.2, 0.25) is 11.6 Å². The number of aliphatic imine (C=N–C) groups is 1. The number of carbonyl (C=O) groups excluding carboxylic acids is 1. The number of unbranched alkanes of at least 4 members (excludes halogenated alkanes) is 1. The van der Waals surface area contributed by atoms with E-state index in [2.05, 4.69) is 93.9 Å². The molecule has 0 bridgehead atoms. The van der Waals surface area contributed by atoms with Gasteiger partial charge in [-0.2, -0.15) is 5.10 Å². The van der Waals surface area contributed by atoms with Crippen LogP contribution in [0, 0.1) is 19.8 Å². The van der Waals surface area contributed by atoms with Crippen molar-refractivity contribution in [3.05, 3.63) is 70.8 Å². The van der Waals surface area contributed by atoms with Gasteiger partial charge in [0.25, 0.3) is 0 Å². The smallest absolute Gasteiger partial charge is 0.233 e. The molecule has 182 valence electrons. The molecular weight excluding hydrogens is 444 g/mol. The van der Waals surface area contributed by atoms with Crippen LogP contribution in [0.4, 0.5) is 0 Å². The van der Waals surface area contributed by atoms with Crippen LogP contribution in [0.3, 0.4) is 0 Å². The van der Waals surface area contributed by atoms with Gasteiger partial charge in [-0.25, -0.2) is 4.99 Å². The molecular formula is C27H36N4O2S. The fourth-order valence-electron chi connectivity index (χ4n) is 3.47. The van der Waals surface area contributed by atoms with Crippen LogP contribution < -0.4 is 10.7 Å². The molecule has 0 aliphatic carbocycles. The van der Waals surface area contributed by atoms with E-state index in [9.17, 15) is 4.79 Å². The number of nitrogens with zero attached hydrogens (tertiary/aromatic N) is 2. The van der Waals surface area contributed by atoms with Crippen molar-refractivity contribution in [1.29, 1.82) is 0 Å². The highest BCUT2D eigenvalue weighted by molar-refractivity contribution is 8.14. The van der Waals surface area contributed by atoms with Crippen LogP contribution in [-0.4, -0.2) is 35.7 Å². The largest absolute Gasteiger partial charge is 0.355 e. The predicted octanol–water partition coefficient (Wildman–Crippen LogP) is 5.14. The van der Waals surface area contributed by atoms with Crippen LogP contribution in [0.25, 0.3) is 0 Å². The van der Waals surface area contributed by atoms with Crippen LogP contribution in [0.5, 0.6) is 0 Å². The molecule has 7 heteroatoms. The number of hydrogen-bond donors (Lipinski definition) is 2. The summed E-state index contributed by atoms with van der Waals surface area (Å²) in [5.74, 6) is 0.638. The Morgan fingerprint density at radius 1 is 1.09 bits per heavy atom. The van der Waals surface area contributed by atoms with Gasteiger partial charge in [-0.1, -0.05) is 98.6 Å². The number of thioether (sulfide) groups is 1. The molecule has 0 unspecified atom stereocenters. The summed E-state index contributed by atoms with van der Waals surface area (Å²) in [6, 6.07) is 16.5. The average Bonchev–Trinajstić information content (AvgIpc) is 2.82. The zero-order valence-electron chi connectivity index (χ0n) is 20.9. The first-order valence-electron chi connectivity index (χ1n) is 12.0. The number of hydrogen-bond acceptors (Lipinski definition) is 6. The maximum atomic E-state index is 12.3. The van der Waals surface area contributed by atoms with E-state index in [4.69, 9.17) is 14.8 Å². The van der Waals surface area contributed by atoms with Crippen molar-refractivity contribution < 1.29 is 9.53 Å². The number of benzene rings is 2. The summed E-state index contributed by atoms with van der Waals surface area (Å²) >= 11 is 1.34. The SMILES string of the molecule is CCCCO[C@@]1(c2ccc(C)cc2)N=C(SCC(=O)NCC(C)C)NN=C1c1ccc(C)cc1. The van der Waals surface area contributed by atoms with Crippen LogP contribution in [-0.2, 0) is 15.3 Å². The zero-order chi connectivity index (χ0) is 24.6. The minimum Gasteiger partial charge on any atom is -0.355 e. The molecule has 1 aliphatic rings. The lowest BCUT2D eigenvalue weighted by Crippen LogP contribution is -2.44. The van der Waals surface area contributed by atoms with Gasteiger partial charge < -0.3 is 10.1 Å². The summed E-state index contributed by atoms with van der Waals surface area (Å²) in [6.45, 7) is 11.6. The normalized spacial score (nSPS) is 17.7. The van der Waals surface area contributed by atoms with Crippen molar-refractivity contribution in [2.75, 3.05) is 18.9 Å². The summed E-state index contributed by atoms with van der Waals surface area (Å²) in [5.41, 5.74) is 6.88. The second-order valence-electron chi connectivity index (χ2n) is 9.05. The van der Waals surface area contributed by atoms with Crippen LogP contribution in [0.15, 0.2) is 58.6 Å². The fraction of sp³-hybridized carbons (Fsp3) is 0.444. The monoisotopic (exact) mass is 480 g/mol. The third kappa shape index (κ3) is 6.70. The average molecular weight is 481 g/mol. The highest BCUT2D eigenvalue weighted by atomic mass is 32.2. The number of ether oxygens (including phenoxy) is 1. The van der Waals surface area contributed by atoms with Gasteiger partial charge in [-0.3, -0.25) is 10.2 Å². The molecule has 0 saturated heterocycles. The van der Waals surface area contributed by atoms with Gasteiger partial charge in [-0.05, 0) is 26.2 Å². The lowest BCUT2D eigenvalue weighted by atomic mass is 9.91. The molecule has 34 heavy (non-hydrogen) atoms. The lowest BCUT2D eigenvalue weighted by Gasteiger charge is -2.35. The first-order valence-corrected chi connectivity index (χ1v) is 12.9. The standard InChI is InChI=1S/C27H36N4O2S/c1-6-7-16-33-27(23-14-10-21(5)11-15-23)25(22-12-8-20(4)9-13-22)30-31-26(29-27)34-18-24(32)28-17-19(2)3/h8-15,19H,6-7,16-18H2,1-5H3,(H,28,32)(H,29,31)/t27-/m1/s1. The van der Waals surface area contributed by atoms with Crippen LogP contribution >= 0.6 is 11.8 Å². The molecule has 1 aliphatic heterocycles. The number of carbonyl (C=O) groups is 1. The topological polar surface area (TPSA) is 75.1 Å². The Morgan fingerprint density at radius 3 is 2.35 bits per heavy atom. The molecule has 2 aromatic carbocycles. The van der Waals surface area contributed by atoms with E-state index < -0.39 is 5.72 Å². The maximum absolute atomic E-state index is 12.3. The highest BCUT2D eigenvalue weighted by Gasteiger charge is 2.42. The Morgan fingerprint density at radius 2 is 1.74 bits per heavy atom. The van der Waals surface area contributed by atoms with Crippen LogP contribution in [0.2, 0.25) is 0 Å². The molecule has 6 nitrogen and oxygen atoms in total. The Kier molecular flexibility index (Phi) is 9.30. The number of amidine groups is 1. The maximum Gasteiger partial charge on any atom is 0.233 e. The first kappa shape index (κ1) is 26.0. The summed E-state index contributed by atoms with van der Waals surface area (Å²) in [6.07, 6.45) is 1.93. The minimum absolute atomic E-state index is 0.0238. The van der Waals surface area contributed by atoms with Gasteiger partial charge in [0.15, 0.2) is 5.17 Å². The van der Waals surface area contributed by atoms with E-state index in [0.29, 0.717) is 29.9 Å². The molecule has 1 heterocycles. The summed E-state index contributed by atoms with van der Waals surface area (Å²) < 4.78 is 6.58. The Balaban J connectivity index is 1.98. The molecule has 0 aromatic heterocycles. The Bertz CT molecular complexity index is 1020. The van der Waals surface area contributed by atoms with E-state index in [1.165, 1.54) is 17.3 Å². The highest BCUT2D eigenvalue weighted by Crippen LogP contribution is 2.36. The summed E-state index contributed by atoms with van der Waals surface area (Å²) in [7, 11) is 0. The predicted molar refractivity (Wildman–Crippen MR) is 142 cm³/mol.